The van der Waals surface area contributed by atoms with E-state index in [1.165, 1.54) is 17.7 Å². The monoisotopic (exact) mass is 361 g/mol. The summed E-state index contributed by atoms with van der Waals surface area (Å²) in [7, 11) is 0. The number of Topliss-reactive ketones (excluding diaryl/α,β-unsaturated/α-hetero) is 1. The van der Waals surface area contributed by atoms with Gasteiger partial charge in [-0.1, -0.05) is 29.8 Å². The molecule has 0 unspecified atom stereocenters. The Labute approximate surface area is 157 Å². The van der Waals surface area contributed by atoms with Crippen LogP contribution in [0.4, 0.5) is 16.0 Å². The average Bonchev–Trinajstić information content (AvgIpc) is 2.63. The summed E-state index contributed by atoms with van der Waals surface area (Å²) in [6.07, 6.45) is 1.03. The van der Waals surface area contributed by atoms with Crippen LogP contribution >= 0.6 is 0 Å². The first-order valence-corrected chi connectivity index (χ1v) is 8.99. The van der Waals surface area contributed by atoms with E-state index in [1.54, 1.807) is 12.1 Å². The SMILES string of the molecule is Cc1ccc(Nc2nc(C)c3c(n2)C[C@@H](c2ccc(F)cc2)CC3=O)cc1. The van der Waals surface area contributed by atoms with Gasteiger partial charge >= 0.3 is 0 Å². The van der Waals surface area contributed by atoms with E-state index in [2.05, 4.69) is 15.3 Å². The van der Waals surface area contributed by atoms with Gasteiger partial charge in [-0.25, -0.2) is 14.4 Å². The molecule has 0 saturated heterocycles. The Morgan fingerprint density at radius 1 is 0.963 bits per heavy atom. The maximum atomic E-state index is 13.2. The van der Waals surface area contributed by atoms with E-state index in [4.69, 9.17) is 0 Å². The second-order valence-corrected chi connectivity index (χ2v) is 7.03. The zero-order chi connectivity index (χ0) is 19.0. The molecule has 4 nitrogen and oxygen atoms in total. The largest absolute Gasteiger partial charge is 0.324 e. The maximum Gasteiger partial charge on any atom is 0.227 e. The van der Waals surface area contributed by atoms with Crippen molar-refractivity contribution in [1.82, 2.24) is 9.97 Å². The molecule has 2 aromatic carbocycles. The molecule has 1 heterocycles. The minimum absolute atomic E-state index is 0.00660. The molecule has 4 rings (SSSR count). The maximum absolute atomic E-state index is 13.2. The Morgan fingerprint density at radius 2 is 1.67 bits per heavy atom. The van der Waals surface area contributed by atoms with Gasteiger partial charge in [-0.15, -0.1) is 0 Å². The number of rotatable bonds is 3. The number of fused-ring (bicyclic) bond motifs is 1. The lowest BCUT2D eigenvalue weighted by Gasteiger charge is -2.24. The number of halogens is 1. The van der Waals surface area contributed by atoms with E-state index in [-0.39, 0.29) is 17.5 Å². The smallest absolute Gasteiger partial charge is 0.227 e. The lowest BCUT2D eigenvalue weighted by Crippen LogP contribution is -2.22. The van der Waals surface area contributed by atoms with Crippen molar-refractivity contribution in [2.75, 3.05) is 5.32 Å². The molecule has 0 radical (unpaired) electrons. The summed E-state index contributed by atoms with van der Waals surface area (Å²) in [4.78, 5) is 21.8. The van der Waals surface area contributed by atoms with Crippen molar-refractivity contribution in [2.45, 2.75) is 32.6 Å². The first kappa shape index (κ1) is 17.3. The first-order chi connectivity index (χ1) is 13.0. The van der Waals surface area contributed by atoms with Crippen molar-refractivity contribution in [2.24, 2.45) is 0 Å². The number of benzene rings is 2. The van der Waals surface area contributed by atoms with E-state index < -0.39 is 0 Å². The third kappa shape index (κ3) is 3.58. The normalized spacial score (nSPS) is 16.1. The second kappa shape index (κ2) is 6.91. The Hall–Kier alpha value is -3.08. The summed E-state index contributed by atoms with van der Waals surface area (Å²) >= 11 is 0. The number of hydrogen-bond acceptors (Lipinski definition) is 4. The molecule has 1 aliphatic carbocycles. The molecule has 0 spiro atoms. The number of carbonyl (C=O) groups is 1. The molecule has 136 valence electrons. The minimum Gasteiger partial charge on any atom is -0.324 e. The van der Waals surface area contributed by atoms with Crippen LogP contribution in [0, 0.1) is 19.7 Å². The van der Waals surface area contributed by atoms with Crippen molar-refractivity contribution in [1.29, 1.82) is 0 Å². The molecule has 1 N–H and O–H groups in total. The van der Waals surface area contributed by atoms with Crippen LogP contribution in [0.3, 0.4) is 0 Å². The third-order valence-electron chi connectivity index (χ3n) is 4.96. The van der Waals surface area contributed by atoms with Gasteiger partial charge in [-0.2, -0.15) is 0 Å². The number of aryl methyl sites for hydroxylation is 2. The summed E-state index contributed by atoms with van der Waals surface area (Å²) in [5.74, 6) is 0.267. The Morgan fingerprint density at radius 3 is 2.37 bits per heavy atom. The summed E-state index contributed by atoms with van der Waals surface area (Å²) < 4.78 is 13.2. The van der Waals surface area contributed by atoms with E-state index in [0.717, 1.165) is 16.9 Å². The van der Waals surface area contributed by atoms with Crippen LogP contribution in [-0.4, -0.2) is 15.8 Å². The molecule has 5 heteroatoms. The Kier molecular flexibility index (Phi) is 4.44. The van der Waals surface area contributed by atoms with Gasteiger partial charge in [0.1, 0.15) is 5.82 Å². The Bertz CT molecular complexity index is 997. The Balaban J connectivity index is 1.65. The average molecular weight is 361 g/mol. The molecule has 0 aliphatic heterocycles. The zero-order valence-electron chi connectivity index (χ0n) is 15.3. The van der Waals surface area contributed by atoms with Crippen LogP contribution in [0.1, 0.15) is 45.2 Å². The fourth-order valence-electron chi connectivity index (χ4n) is 3.57. The fourth-order valence-corrected chi connectivity index (χ4v) is 3.57. The van der Waals surface area contributed by atoms with Gasteiger partial charge in [0.25, 0.3) is 0 Å². The van der Waals surface area contributed by atoms with Crippen LogP contribution < -0.4 is 5.32 Å². The summed E-state index contributed by atoms with van der Waals surface area (Å²) in [6, 6.07) is 14.3. The molecule has 27 heavy (non-hydrogen) atoms. The van der Waals surface area contributed by atoms with Crippen LogP contribution in [0.2, 0.25) is 0 Å². The number of nitrogens with one attached hydrogen (secondary N) is 1. The number of ketones is 1. The highest BCUT2D eigenvalue weighted by Crippen LogP contribution is 2.33. The van der Waals surface area contributed by atoms with Crippen LogP contribution in [0.25, 0.3) is 0 Å². The summed E-state index contributed by atoms with van der Waals surface area (Å²) in [6.45, 7) is 3.88. The van der Waals surface area contributed by atoms with Gasteiger partial charge in [0, 0.05) is 12.1 Å². The molecule has 1 aromatic heterocycles. The lowest BCUT2D eigenvalue weighted by atomic mass is 9.81. The quantitative estimate of drug-likeness (QED) is 0.722. The highest BCUT2D eigenvalue weighted by molar-refractivity contribution is 5.99. The first-order valence-electron chi connectivity index (χ1n) is 8.99. The molecule has 0 bridgehead atoms. The molecule has 0 amide bonds. The molecular weight excluding hydrogens is 341 g/mol. The minimum atomic E-state index is -0.274. The zero-order valence-corrected chi connectivity index (χ0v) is 15.3. The topological polar surface area (TPSA) is 54.9 Å². The van der Waals surface area contributed by atoms with Gasteiger partial charge in [0.05, 0.1) is 17.0 Å². The van der Waals surface area contributed by atoms with Crippen LogP contribution in [0.5, 0.6) is 0 Å². The second-order valence-electron chi connectivity index (χ2n) is 7.03. The third-order valence-corrected chi connectivity index (χ3v) is 4.96. The number of nitrogens with zero attached hydrogens (tertiary/aromatic N) is 2. The molecular formula is C22H20FN3O. The van der Waals surface area contributed by atoms with Crippen LogP contribution in [0.15, 0.2) is 48.5 Å². The van der Waals surface area contributed by atoms with Crippen molar-refractivity contribution < 1.29 is 9.18 Å². The molecule has 1 aliphatic rings. The van der Waals surface area contributed by atoms with Crippen molar-refractivity contribution in [3.05, 3.63) is 82.4 Å². The van der Waals surface area contributed by atoms with Crippen molar-refractivity contribution in [3.63, 3.8) is 0 Å². The van der Waals surface area contributed by atoms with E-state index >= 15 is 0 Å². The predicted octanol–water partition coefficient (Wildman–Crippen LogP) is 4.89. The molecule has 1 atom stereocenters. The molecule has 0 saturated carbocycles. The fraction of sp³-hybridized carbons (Fsp3) is 0.227. The highest BCUT2D eigenvalue weighted by Gasteiger charge is 2.29. The number of hydrogen-bond donors (Lipinski definition) is 1. The van der Waals surface area contributed by atoms with Crippen LogP contribution in [-0.2, 0) is 6.42 Å². The highest BCUT2D eigenvalue weighted by atomic mass is 19.1. The van der Waals surface area contributed by atoms with Gasteiger partial charge in [-0.05, 0) is 56.0 Å². The van der Waals surface area contributed by atoms with Crippen molar-refractivity contribution >= 4 is 17.4 Å². The van der Waals surface area contributed by atoms with Gasteiger partial charge in [-0.3, -0.25) is 4.79 Å². The molecule has 3 aromatic rings. The van der Waals surface area contributed by atoms with Gasteiger partial charge in [0.2, 0.25) is 5.95 Å². The number of carbonyl (C=O) groups excluding carboxylic acids is 1. The summed E-state index contributed by atoms with van der Waals surface area (Å²) in [5.41, 5.74) is 5.11. The predicted molar refractivity (Wildman–Crippen MR) is 103 cm³/mol. The van der Waals surface area contributed by atoms with Gasteiger partial charge < -0.3 is 5.32 Å². The van der Waals surface area contributed by atoms with E-state index in [1.807, 2.05) is 38.1 Å². The number of anilines is 2. The van der Waals surface area contributed by atoms with E-state index in [0.29, 0.717) is 30.0 Å². The van der Waals surface area contributed by atoms with E-state index in [9.17, 15) is 9.18 Å². The standard InChI is InChI=1S/C22H20FN3O/c1-13-3-9-18(10-4-13)25-22-24-14(2)21-19(26-22)11-16(12-20(21)27)15-5-7-17(23)8-6-15/h3-10,16H,11-12H2,1-2H3,(H,24,25,26)/t16-/m1/s1. The number of aromatic nitrogens is 2. The van der Waals surface area contributed by atoms with Gasteiger partial charge in [0.15, 0.2) is 5.78 Å². The van der Waals surface area contributed by atoms with Crippen molar-refractivity contribution in [3.8, 4) is 0 Å². The summed E-state index contributed by atoms with van der Waals surface area (Å²) in [5, 5.41) is 3.22. The molecule has 0 fully saturated rings. The lowest BCUT2D eigenvalue weighted by molar-refractivity contribution is 0.0962.